The van der Waals surface area contributed by atoms with E-state index in [0.29, 0.717) is 12.0 Å². The summed E-state index contributed by atoms with van der Waals surface area (Å²) in [6, 6.07) is 0.434. The minimum absolute atomic E-state index is 0.249. The second-order valence-corrected chi connectivity index (χ2v) is 5.65. The molecule has 0 amide bonds. The second kappa shape index (κ2) is 3.26. The third-order valence-corrected chi connectivity index (χ3v) is 3.21. The zero-order valence-corrected chi connectivity index (χ0v) is 10.3. The summed E-state index contributed by atoms with van der Waals surface area (Å²) in [5.41, 5.74) is 2.96. The van der Waals surface area contributed by atoms with Crippen LogP contribution in [0.1, 0.15) is 58.2 Å². The maximum absolute atomic E-state index is 4.39. The van der Waals surface area contributed by atoms with Crippen molar-refractivity contribution in [1.82, 2.24) is 10.2 Å². The van der Waals surface area contributed by atoms with Gasteiger partial charge in [0.2, 0.25) is 0 Å². The Morgan fingerprint density at radius 3 is 2.73 bits per heavy atom. The van der Waals surface area contributed by atoms with E-state index >= 15 is 0 Å². The highest BCUT2D eigenvalue weighted by Gasteiger charge is 2.39. The zero-order chi connectivity index (χ0) is 11.2. The third-order valence-electron chi connectivity index (χ3n) is 3.21. The fraction of sp³-hybridized carbons (Fsp3) is 0.750. The molecule has 1 unspecified atom stereocenters. The maximum atomic E-state index is 4.39. The molecule has 3 nitrogen and oxygen atoms in total. The van der Waals surface area contributed by atoms with Gasteiger partial charge >= 0.3 is 0 Å². The highest BCUT2D eigenvalue weighted by atomic mass is 15.2. The summed E-state index contributed by atoms with van der Waals surface area (Å²) in [7, 11) is 0. The van der Waals surface area contributed by atoms with Crippen LogP contribution in [0, 0.1) is 0 Å². The quantitative estimate of drug-likeness (QED) is 0.782. The Labute approximate surface area is 91.7 Å². The van der Waals surface area contributed by atoms with Gasteiger partial charge in [-0.25, -0.2) is 0 Å². The summed E-state index contributed by atoms with van der Waals surface area (Å²) >= 11 is 0. The number of nitrogens with zero attached hydrogens (tertiary/aromatic N) is 1. The molecule has 0 spiro atoms. The largest absolute Gasteiger partial charge is 0.366 e. The van der Waals surface area contributed by atoms with E-state index in [1.807, 2.05) is 0 Å². The van der Waals surface area contributed by atoms with Crippen LogP contribution in [0.5, 0.6) is 0 Å². The highest BCUT2D eigenvalue weighted by molar-refractivity contribution is 5.55. The Balaban J connectivity index is 2.41. The number of H-pyrrole nitrogens is 1. The van der Waals surface area contributed by atoms with E-state index in [1.54, 1.807) is 0 Å². The van der Waals surface area contributed by atoms with E-state index in [2.05, 4.69) is 50.1 Å². The van der Waals surface area contributed by atoms with Crippen molar-refractivity contribution in [2.24, 2.45) is 0 Å². The first kappa shape index (κ1) is 10.5. The molecule has 1 aliphatic rings. The van der Waals surface area contributed by atoms with Gasteiger partial charge in [0.1, 0.15) is 0 Å². The van der Waals surface area contributed by atoms with Crippen LogP contribution in [0.4, 0.5) is 5.82 Å². The van der Waals surface area contributed by atoms with Crippen LogP contribution in [0.2, 0.25) is 0 Å². The molecule has 0 saturated heterocycles. The number of hydrogen-bond donors (Lipinski definition) is 2. The lowest BCUT2D eigenvalue weighted by atomic mass is 9.86. The van der Waals surface area contributed by atoms with E-state index in [9.17, 15) is 0 Å². The van der Waals surface area contributed by atoms with Crippen molar-refractivity contribution < 1.29 is 0 Å². The second-order valence-electron chi connectivity index (χ2n) is 5.65. The van der Waals surface area contributed by atoms with Gasteiger partial charge in [-0.3, -0.25) is 5.10 Å². The molecule has 1 atom stereocenters. The maximum Gasteiger partial charge on any atom is 0.152 e. The van der Waals surface area contributed by atoms with Crippen molar-refractivity contribution in [3.8, 4) is 0 Å². The van der Waals surface area contributed by atoms with Crippen LogP contribution in [0.3, 0.4) is 0 Å². The molecule has 0 saturated carbocycles. The van der Waals surface area contributed by atoms with E-state index in [1.165, 1.54) is 17.7 Å². The van der Waals surface area contributed by atoms with Crippen LogP contribution in [0.25, 0.3) is 0 Å². The van der Waals surface area contributed by atoms with Crippen molar-refractivity contribution in [2.75, 3.05) is 5.32 Å². The summed E-state index contributed by atoms with van der Waals surface area (Å²) in [6.45, 7) is 11.2. The molecular formula is C12H21N3. The minimum Gasteiger partial charge on any atom is -0.366 e. The number of nitrogens with one attached hydrogen (secondary N) is 2. The van der Waals surface area contributed by atoms with Gasteiger partial charge in [-0.1, -0.05) is 20.8 Å². The standard InChI is InChI=1S/C12H21N3/c1-7(2)13-11-9-10(14-15-11)8(3)6-12(9,4)5/h7-8H,6H2,1-5H3,(H2,13,14,15). The molecule has 0 aromatic carbocycles. The van der Waals surface area contributed by atoms with Crippen molar-refractivity contribution >= 4 is 5.82 Å². The molecule has 84 valence electrons. The first-order valence-corrected chi connectivity index (χ1v) is 5.77. The molecule has 2 rings (SSSR count). The average molecular weight is 207 g/mol. The Kier molecular flexibility index (Phi) is 2.28. The molecule has 1 aromatic heterocycles. The minimum atomic E-state index is 0.249. The summed E-state index contributed by atoms with van der Waals surface area (Å²) in [4.78, 5) is 0. The van der Waals surface area contributed by atoms with Gasteiger partial charge in [0.15, 0.2) is 5.82 Å². The normalized spacial score (nSPS) is 23.2. The van der Waals surface area contributed by atoms with Gasteiger partial charge in [-0.05, 0) is 31.6 Å². The van der Waals surface area contributed by atoms with Crippen LogP contribution < -0.4 is 5.32 Å². The molecule has 1 aliphatic carbocycles. The van der Waals surface area contributed by atoms with Crippen LogP contribution in [-0.4, -0.2) is 16.2 Å². The van der Waals surface area contributed by atoms with E-state index in [-0.39, 0.29) is 5.41 Å². The number of aromatic amines is 1. The molecule has 0 fully saturated rings. The van der Waals surface area contributed by atoms with Crippen molar-refractivity contribution in [3.05, 3.63) is 11.3 Å². The fourth-order valence-corrected chi connectivity index (χ4v) is 2.74. The average Bonchev–Trinajstić information content (AvgIpc) is 2.54. The van der Waals surface area contributed by atoms with Crippen molar-refractivity contribution in [3.63, 3.8) is 0 Å². The number of anilines is 1. The lowest BCUT2D eigenvalue weighted by Gasteiger charge is -2.20. The van der Waals surface area contributed by atoms with Gasteiger partial charge in [-0.2, -0.15) is 5.10 Å². The smallest absolute Gasteiger partial charge is 0.152 e. The molecule has 1 aromatic rings. The van der Waals surface area contributed by atoms with E-state index < -0.39 is 0 Å². The Morgan fingerprint density at radius 1 is 1.47 bits per heavy atom. The van der Waals surface area contributed by atoms with Gasteiger partial charge in [0.25, 0.3) is 0 Å². The highest BCUT2D eigenvalue weighted by Crippen LogP contribution is 2.47. The van der Waals surface area contributed by atoms with Crippen molar-refractivity contribution in [2.45, 2.75) is 58.4 Å². The molecule has 0 bridgehead atoms. The molecule has 0 aliphatic heterocycles. The number of hydrogen-bond acceptors (Lipinski definition) is 2. The third kappa shape index (κ3) is 1.64. The summed E-state index contributed by atoms with van der Waals surface area (Å²) in [5, 5.41) is 11.0. The zero-order valence-electron chi connectivity index (χ0n) is 10.3. The molecular weight excluding hydrogens is 186 g/mol. The Hall–Kier alpha value is -0.990. The van der Waals surface area contributed by atoms with Gasteiger partial charge in [0, 0.05) is 17.3 Å². The van der Waals surface area contributed by atoms with Gasteiger partial charge < -0.3 is 5.32 Å². The fourth-order valence-electron chi connectivity index (χ4n) is 2.74. The van der Waals surface area contributed by atoms with Crippen LogP contribution >= 0.6 is 0 Å². The molecule has 0 radical (unpaired) electrons. The summed E-state index contributed by atoms with van der Waals surface area (Å²) < 4.78 is 0. The van der Waals surface area contributed by atoms with E-state index in [4.69, 9.17) is 0 Å². The summed E-state index contributed by atoms with van der Waals surface area (Å²) in [6.07, 6.45) is 1.21. The monoisotopic (exact) mass is 207 g/mol. The number of aromatic nitrogens is 2. The predicted molar refractivity (Wildman–Crippen MR) is 63.4 cm³/mol. The first-order valence-electron chi connectivity index (χ1n) is 5.77. The topological polar surface area (TPSA) is 40.7 Å². The van der Waals surface area contributed by atoms with Crippen LogP contribution in [0.15, 0.2) is 0 Å². The lowest BCUT2D eigenvalue weighted by Crippen LogP contribution is -2.18. The van der Waals surface area contributed by atoms with Gasteiger partial charge in [0.05, 0.1) is 0 Å². The summed E-state index contributed by atoms with van der Waals surface area (Å²) in [5.74, 6) is 1.65. The molecule has 2 N–H and O–H groups in total. The first-order chi connectivity index (χ1) is 6.92. The Bertz CT molecular complexity index is 363. The van der Waals surface area contributed by atoms with E-state index in [0.717, 1.165) is 5.82 Å². The molecule has 3 heteroatoms. The number of rotatable bonds is 2. The Morgan fingerprint density at radius 2 is 2.13 bits per heavy atom. The molecule has 1 heterocycles. The predicted octanol–water partition coefficient (Wildman–Crippen LogP) is 3.01. The SMILES string of the molecule is CC(C)Nc1n[nH]c2c1C(C)(C)CC2C. The van der Waals surface area contributed by atoms with Crippen LogP contribution in [-0.2, 0) is 5.41 Å². The molecule has 15 heavy (non-hydrogen) atoms. The van der Waals surface area contributed by atoms with Gasteiger partial charge in [-0.15, -0.1) is 0 Å². The van der Waals surface area contributed by atoms with Crippen molar-refractivity contribution in [1.29, 1.82) is 0 Å². The lowest BCUT2D eigenvalue weighted by molar-refractivity contribution is 0.485. The number of fused-ring (bicyclic) bond motifs is 1.